The first-order valence-electron chi connectivity index (χ1n) is 26.9. The first-order chi connectivity index (χ1) is 38.9. The molecule has 0 aliphatic heterocycles. The summed E-state index contributed by atoms with van der Waals surface area (Å²) < 4.78 is 5.37. The molecule has 80 heavy (non-hydrogen) atoms. The minimum Gasteiger partial charge on any atom is -0.464 e. The first-order valence-corrected chi connectivity index (χ1v) is 26.9. The molecule has 0 saturated carbocycles. The van der Waals surface area contributed by atoms with E-state index in [0.717, 1.165) is 22.3 Å². The van der Waals surface area contributed by atoms with E-state index in [0.29, 0.717) is 16.7 Å². The Bertz CT molecular complexity index is 3070. The maximum atomic E-state index is 15.0. The number of carbonyl (C=O) groups excluding carboxylic acids is 7. The molecule has 0 unspecified atom stereocenters. The molecule has 0 aromatic heterocycles. The van der Waals surface area contributed by atoms with Crippen molar-refractivity contribution in [3.63, 3.8) is 0 Å². The van der Waals surface area contributed by atoms with E-state index in [1.165, 1.54) is 0 Å². The maximum Gasteiger partial charge on any atom is 0.328 e. The fourth-order valence-electron chi connectivity index (χ4n) is 9.18. The van der Waals surface area contributed by atoms with Crippen molar-refractivity contribution < 1.29 is 38.3 Å². The van der Waals surface area contributed by atoms with Gasteiger partial charge in [0.05, 0.1) is 12.6 Å². The fourth-order valence-corrected chi connectivity index (χ4v) is 9.18. The molecule has 7 aromatic rings. The minimum atomic E-state index is -1.31. The van der Waals surface area contributed by atoms with Crippen LogP contribution < -0.4 is 37.6 Å². The van der Waals surface area contributed by atoms with Gasteiger partial charge >= 0.3 is 5.97 Å². The number of hydrogen-bond acceptors (Lipinski definition) is 9. The summed E-state index contributed by atoms with van der Waals surface area (Å²) in [5.74, 6) is -4.64. The van der Waals surface area contributed by atoms with Crippen LogP contribution in [0.3, 0.4) is 0 Å². The lowest BCUT2D eigenvalue weighted by Crippen LogP contribution is -2.61. The van der Waals surface area contributed by atoms with E-state index >= 15 is 4.79 Å². The van der Waals surface area contributed by atoms with Crippen molar-refractivity contribution in [3.05, 3.63) is 251 Å². The highest BCUT2D eigenvalue weighted by molar-refractivity contribution is 5.97. The van der Waals surface area contributed by atoms with Crippen LogP contribution in [0.15, 0.2) is 212 Å². The first kappa shape index (κ1) is 58.5. The van der Waals surface area contributed by atoms with E-state index in [1.807, 2.05) is 152 Å². The van der Waals surface area contributed by atoms with Crippen molar-refractivity contribution in [2.75, 3.05) is 6.61 Å². The van der Waals surface area contributed by atoms with Gasteiger partial charge in [-0.1, -0.05) is 212 Å². The maximum absolute atomic E-state index is 15.0. The van der Waals surface area contributed by atoms with Gasteiger partial charge in [0.2, 0.25) is 35.4 Å². The van der Waals surface area contributed by atoms with Crippen LogP contribution in [0, 0.1) is 0 Å². The number of benzene rings is 7. The molecule has 8 N–H and O–H groups in total. The highest BCUT2D eigenvalue weighted by Crippen LogP contribution is 2.14. The summed E-state index contributed by atoms with van der Waals surface area (Å²) in [7, 11) is 0. The molecular formula is C65H69N7O8. The Kier molecular flexibility index (Phi) is 22.4. The molecule has 15 nitrogen and oxygen atoms in total. The lowest BCUT2D eigenvalue weighted by molar-refractivity contribution is -0.147. The highest BCUT2D eigenvalue weighted by atomic mass is 16.5. The molecule has 412 valence electrons. The number of hydrogen-bond donors (Lipinski definition) is 7. The van der Waals surface area contributed by atoms with E-state index in [9.17, 15) is 28.8 Å². The van der Waals surface area contributed by atoms with Gasteiger partial charge in [-0.15, -0.1) is 0 Å². The molecule has 0 spiro atoms. The van der Waals surface area contributed by atoms with Gasteiger partial charge in [0.25, 0.3) is 0 Å². The molecule has 0 radical (unpaired) electrons. The van der Waals surface area contributed by atoms with E-state index in [2.05, 4.69) is 31.9 Å². The van der Waals surface area contributed by atoms with Gasteiger partial charge in [-0.05, 0) is 52.3 Å². The quantitative estimate of drug-likeness (QED) is 0.0308. The molecule has 0 bridgehead atoms. The Balaban J connectivity index is 1.16. The zero-order chi connectivity index (χ0) is 56.5. The summed E-state index contributed by atoms with van der Waals surface area (Å²) in [4.78, 5) is 101. The molecule has 0 saturated heterocycles. The zero-order valence-electron chi connectivity index (χ0n) is 44.7. The predicted molar refractivity (Wildman–Crippen MR) is 307 cm³/mol. The Hall–Kier alpha value is -9.21. The van der Waals surface area contributed by atoms with E-state index < -0.39 is 83.7 Å². The van der Waals surface area contributed by atoms with E-state index in [4.69, 9.17) is 10.5 Å². The fraction of sp³-hybridized carbons (Fsp3) is 0.246. The van der Waals surface area contributed by atoms with Gasteiger partial charge in [-0.2, -0.15) is 0 Å². The molecule has 0 fully saturated rings. The van der Waals surface area contributed by atoms with Crippen molar-refractivity contribution in [1.29, 1.82) is 0 Å². The lowest BCUT2D eigenvalue weighted by atomic mass is 9.99. The van der Waals surface area contributed by atoms with Crippen LogP contribution in [0.25, 0.3) is 0 Å². The summed E-state index contributed by atoms with van der Waals surface area (Å²) >= 11 is 0. The van der Waals surface area contributed by atoms with Gasteiger partial charge in [-0.3, -0.25) is 28.8 Å². The second-order valence-electron chi connectivity index (χ2n) is 19.6. The highest BCUT2D eigenvalue weighted by Gasteiger charge is 2.35. The van der Waals surface area contributed by atoms with Crippen LogP contribution in [0.2, 0.25) is 0 Å². The van der Waals surface area contributed by atoms with Crippen molar-refractivity contribution in [2.45, 2.75) is 94.2 Å². The SMILES string of the molecule is CCOC(=O)[C@H](Cc1ccccc1)NC(=O)[C@H](Cc1ccccc1)NC(=O)[C@H](Cc1ccccc1)NC(=O)[C@H](Cc1ccccc1)NC(=O)[C@H](Cc1ccccc1)NC(=O)[C@H](Cc1ccccc1)NC(=O)[C@@H](N)Cc1ccccc1. The zero-order valence-corrected chi connectivity index (χ0v) is 44.7. The van der Waals surface area contributed by atoms with E-state index in [-0.39, 0.29) is 51.6 Å². The molecule has 0 aliphatic carbocycles. The van der Waals surface area contributed by atoms with Crippen LogP contribution in [-0.2, 0) is 83.2 Å². The van der Waals surface area contributed by atoms with Crippen LogP contribution >= 0.6 is 0 Å². The lowest BCUT2D eigenvalue weighted by Gasteiger charge is -2.28. The molecular weight excluding hydrogens is 1010 g/mol. The molecule has 0 aliphatic rings. The summed E-state index contributed by atoms with van der Waals surface area (Å²) in [5.41, 5.74) is 11.6. The van der Waals surface area contributed by atoms with Crippen LogP contribution in [0.5, 0.6) is 0 Å². The number of nitrogens with two attached hydrogens (primary N) is 1. The van der Waals surface area contributed by atoms with Gasteiger partial charge in [0.1, 0.15) is 36.3 Å². The Labute approximate surface area is 467 Å². The molecule has 15 heteroatoms. The van der Waals surface area contributed by atoms with Gasteiger partial charge < -0.3 is 42.4 Å². The topological polar surface area (TPSA) is 227 Å². The number of carbonyl (C=O) groups is 7. The van der Waals surface area contributed by atoms with E-state index in [1.54, 1.807) is 67.6 Å². The molecule has 7 atom stereocenters. The van der Waals surface area contributed by atoms with Crippen molar-refractivity contribution in [3.8, 4) is 0 Å². The predicted octanol–water partition coefficient (Wildman–Crippen LogP) is 5.48. The largest absolute Gasteiger partial charge is 0.464 e. The average molecular weight is 1080 g/mol. The summed E-state index contributed by atoms with van der Waals surface area (Å²) in [5, 5.41) is 17.3. The summed E-state index contributed by atoms with van der Waals surface area (Å²) in [6, 6.07) is 55.4. The number of rotatable bonds is 28. The smallest absolute Gasteiger partial charge is 0.328 e. The molecule has 6 amide bonds. The summed E-state index contributed by atoms with van der Waals surface area (Å²) in [6.07, 6.45) is 0.426. The second kappa shape index (κ2) is 30.7. The third-order valence-electron chi connectivity index (χ3n) is 13.4. The summed E-state index contributed by atoms with van der Waals surface area (Å²) in [6.45, 7) is 1.76. The number of ether oxygens (including phenoxy) is 1. The standard InChI is InChI=1S/C65H69N7O8/c1-2-80-65(79)58(44-51-36-22-9-23-37-51)72-64(78)57(43-50-34-20-8-21-35-50)71-63(77)56(42-49-32-18-7-19-33-49)70-62(76)55(41-48-30-16-6-17-31-48)69-61(75)54(40-47-28-14-5-15-29-47)68-60(74)53(39-46-26-12-4-13-27-46)67-59(73)52(66)38-45-24-10-3-11-25-45/h3-37,52-58H,2,38-44,66H2,1H3,(H,67,73)(H,68,74)(H,69,75)(H,70,76)(H,71,77)(H,72,78)/t52-,53-,54-,55-,56-,57-,58-/m0/s1. The minimum absolute atomic E-state index is 0.00386. The average Bonchev–Trinajstić information content (AvgIpc) is 3.48. The Morgan fingerprint density at radius 1 is 0.300 bits per heavy atom. The second-order valence-corrected chi connectivity index (χ2v) is 19.6. The van der Waals surface area contributed by atoms with Crippen LogP contribution in [0.4, 0.5) is 0 Å². The Morgan fingerprint density at radius 2 is 0.487 bits per heavy atom. The third kappa shape index (κ3) is 18.8. The van der Waals surface area contributed by atoms with Crippen molar-refractivity contribution >= 4 is 41.4 Å². The number of nitrogens with one attached hydrogen (secondary N) is 6. The Morgan fingerprint density at radius 3 is 0.713 bits per heavy atom. The molecule has 7 rings (SSSR count). The van der Waals surface area contributed by atoms with Crippen LogP contribution in [-0.4, -0.2) is 90.3 Å². The van der Waals surface area contributed by atoms with Crippen LogP contribution in [0.1, 0.15) is 45.9 Å². The monoisotopic (exact) mass is 1080 g/mol. The van der Waals surface area contributed by atoms with Gasteiger partial charge in [-0.25, -0.2) is 4.79 Å². The third-order valence-corrected chi connectivity index (χ3v) is 13.4. The van der Waals surface area contributed by atoms with Gasteiger partial charge in [0, 0.05) is 38.5 Å². The molecule has 0 heterocycles. The number of amides is 6. The molecule has 7 aromatic carbocycles. The van der Waals surface area contributed by atoms with Gasteiger partial charge in [0.15, 0.2) is 0 Å². The number of esters is 1. The van der Waals surface area contributed by atoms with Crippen molar-refractivity contribution in [1.82, 2.24) is 31.9 Å². The van der Waals surface area contributed by atoms with Crippen molar-refractivity contribution in [2.24, 2.45) is 5.73 Å². The normalized spacial score (nSPS) is 13.5.